The van der Waals surface area contributed by atoms with Crippen LogP contribution in [0.15, 0.2) is 0 Å². The van der Waals surface area contributed by atoms with E-state index >= 15 is 0 Å². The largest absolute Gasteiger partial charge is 0.299 e. The zero-order valence-corrected chi connectivity index (χ0v) is 7.68. The van der Waals surface area contributed by atoms with Gasteiger partial charge >= 0.3 is 0 Å². The van der Waals surface area contributed by atoms with Gasteiger partial charge in [-0.15, -0.1) is 12.3 Å². The molecule has 1 heteroatoms. The van der Waals surface area contributed by atoms with Gasteiger partial charge in [0.15, 0.2) is 0 Å². The number of carbonyl (C=O) groups excluding carboxylic acids is 1. The van der Waals surface area contributed by atoms with Crippen molar-refractivity contribution in [3.63, 3.8) is 0 Å². The highest BCUT2D eigenvalue weighted by Crippen LogP contribution is 2.37. The third-order valence-corrected chi connectivity index (χ3v) is 2.58. The van der Waals surface area contributed by atoms with Gasteiger partial charge in [-0.1, -0.05) is 6.92 Å². The van der Waals surface area contributed by atoms with Gasteiger partial charge in [0.1, 0.15) is 5.78 Å². The Hall–Kier alpha value is -0.770. The number of unbranched alkanes of at least 4 members (excludes halogenated alkanes) is 1. The number of hydrogen-bond acceptors (Lipinski definition) is 1. The fourth-order valence-corrected chi connectivity index (χ4v) is 1.45. The molecule has 0 aromatic heterocycles. The predicted molar refractivity (Wildman–Crippen MR) is 49.6 cm³/mol. The highest BCUT2D eigenvalue weighted by molar-refractivity contribution is 5.81. The van der Waals surface area contributed by atoms with Crippen LogP contribution in [0.2, 0.25) is 0 Å². The van der Waals surface area contributed by atoms with Crippen molar-refractivity contribution in [3.8, 4) is 12.3 Å². The monoisotopic (exact) mass is 164 g/mol. The van der Waals surface area contributed by atoms with Gasteiger partial charge in [-0.25, -0.2) is 0 Å². The van der Waals surface area contributed by atoms with Crippen LogP contribution in [-0.4, -0.2) is 5.78 Å². The van der Waals surface area contributed by atoms with Crippen molar-refractivity contribution in [3.05, 3.63) is 0 Å². The molecule has 1 saturated carbocycles. The number of carbonyl (C=O) groups is 1. The fourth-order valence-electron chi connectivity index (χ4n) is 1.45. The van der Waals surface area contributed by atoms with Crippen molar-refractivity contribution in [2.45, 2.75) is 39.0 Å². The smallest absolute Gasteiger partial charge is 0.136 e. The summed E-state index contributed by atoms with van der Waals surface area (Å²) >= 11 is 0. The van der Waals surface area contributed by atoms with E-state index in [1.54, 1.807) is 0 Å². The molecule has 1 aliphatic carbocycles. The maximum absolute atomic E-state index is 11.4. The van der Waals surface area contributed by atoms with Crippen LogP contribution in [-0.2, 0) is 4.79 Å². The molecule has 0 radical (unpaired) electrons. The Kier molecular flexibility index (Phi) is 3.34. The van der Waals surface area contributed by atoms with Crippen LogP contribution >= 0.6 is 0 Å². The van der Waals surface area contributed by atoms with Crippen molar-refractivity contribution < 1.29 is 4.79 Å². The molecule has 0 bridgehead atoms. The summed E-state index contributed by atoms with van der Waals surface area (Å²) in [6.07, 6.45) is 9.89. The van der Waals surface area contributed by atoms with Crippen LogP contribution in [0.4, 0.5) is 0 Å². The average molecular weight is 164 g/mol. The van der Waals surface area contributed by atoms with Gasteiger partial charge in [0, 0.05) is 18.8 Å². The first kappa shape index (κ1) is 9.32. The fraction of sp³-hybridized carbons (Fsp3) is 0.727. The molecule has 1 nitrogen and oxygen atoms in total. The first-order valence-corrected chi connectivity index (χ1v) is 4.72. The van der Waals surface area contributed by atoms with E-state index < -0.39 is 0 Å². The molecular weight excluding hydrogens is 148 g/mol. The van der Waals surface area contributed by atoms with E-state index in [1.165, 1.54) is 12.8 Å². The first-order valence-electron chi connectivity index (χ1n) is 4.72. The molecule has 0 spiro atoms. The second-order valence-corrected chi connectivity index (χ2v) is 3.65. The Morgan fingerprint density at radius 1 is 1.67 bits per heavy atom. The van der Waals surface area contributed by atoms with Gasteiger partial charge in [-0.2, -0.15) is 0 Å². The molecule has 12 heavy (non-hydrogen) atoms. The van der Waals surface area contributed by atoms with Crippen LogP contribution in [0.25, 0.3) is 0 Å². The molecule has 0 aromatic carbocycles. The summed E-state index contributed by atoms with van der Waals surface area (Å²) in [5.74, 6) is 3.96. The van der Waals surface area contributed by atoms with E-state index in [0.717, 1.165) is 12.8 Å². The van der Waals surface area contributed by atoms with Gasteiger partial charge in [0.2, 0.25) is 0 Å². The third-order valence-electron chi connectivity index (χ3n) is 2.58. The van der Waals surface area contributed by atoms with E-state index in [0.29, 0.717) is 24.0 Å². The SMILES string of the molecule is C#CCCCC(=O)C(C)C1CC1. The Bertz CT molecular complexity index is 196. The lowest BCUT2D eigenvalue weighted by Crippen LogP contribution is -2.12. The molecule has 1 aliphatic rings. The Morgan fingerprint density at radius 3 is 2.83 bits per heavy atom. The summed E-state index contributed by atoms with van der Waals surface area (Å²) in [4.78, 5) is 11.4. The lowest BCUT2D eigenvalue weighted by atomic mass is 9.97. The van der Waals surface area contributed by atoms with Gasteiger partial charge in [0.25, 0.3) is 0 Å². The summed E-state index contributed by atoms with van der Waals surface area (Å²) in [7, 11) is 0. The standard InChI is InChI=1S/C11H16O/c1-3-4-5-6-11(12)9(2)10-7-8-10/h1,9-10H,4-8H2,2H3. The quantitative estimate of drug-likeness (QED) is 0.450. The van der Waals surface area contributed by atoms with E-state index in [9.17, 15) is 4.79 Å². The molecule has 0 aromatic rings. The predicted octanol–water partition coefficient (Wildman–Crippen LogP) is 2.41. The zero-order chi connectivity index (χ0) is 8.97. The van der Waals surface area contributed by atoms with Gasteiger partial charge in [-0.05, 0) is 25.2 Å². The maximum atomic E-state index is 11.4. The Morgan fingerprint density at radius 2 is 2.33 bits per heavy atom. The molecule has 1 atom stereocenters. The second-order valence-electron chi connectivity index (χ2n) is 3.65. The number of Topliss-reactive ketones (excluding diaryl/α,β-unsaturated/α-hetero) is 1. The Balaban J connectivity index is 2.14. The van der Waals surface area contributed by atoms with Crippen molar-refractivity contribution in [1.82, 2.24) is 0 Å². The van der Waals surface area contributed by atoms with Crippen LogP contribution in [0.5, 0.6) is 0 Å². The Labute approximate surface area is 74.5 Å². The van der Waals surface area contributed by atoms with Crippen LogP contribution in [0, 0.1) is 24.2 Å². The van der Waals surface area contributed by atoms with Crippen molar-refractivity contribution >= 4 is 5.78 Å². The molecule has 0 amide bonds. The van der Waals surface area contributed by atoms with Crippen LogP contribution < -0.4 is 0 Å². The van der Waals surface area contributed by atoms with Crippen molar-refractivity contribution in [2.24, 2.45) is 11.8 Å². The lowest BCUT2D eigenvalue weighted by molar-refractivity contribution is -0.123. The normalized spacial score (nSPS) is 18.3. The zero-order valence-electron chi connectivity index (χ0n) is 7.68. The molecule has 0 N–H and O–H groups in total. The topological polar surface area (TPSA) is 17.1 Å². The van der Waals surface area contributed by atoms with E-state index in [1.807, 2.05) is 0 Å². The highest BCUT2D eigenvalue weighted by Gasteiger charge is 2.31. The lowest BCUT2D eigenvalue weighted by Gasteiger charge is -2.06. The van der Waals surface area contributed by atoms with Gasteiger partial charge < -0.3 is 0 Å². The molecule has 0 heterocycles. The number of rotatable bonds is 5. The average Bonchev–Trinajstić information content (AvgIpc) is 2.86. The molecule has 0 saturated heterocycles. The maximum Gasteiger partial charge on any atom is 0.136 e. The molecule has 1 unspecified atom stereocenters. The second kappa shape index (κ2) is 4.30. The molecular formula is C11H16O. The van der Waals surface area contributed by atoms with Crippen molar-refractivity contribution in [1.29, 1.82) is 0 Å². The molecule has 1 rings (SSSR count). The highest BCUT2D eigenvalue weighted by atomic mass is 16.1. The van der Waals surface area contributed by atoms with E-state index in [2.05, 4.69) is 12.8 Å². The minimum absolute atomic E-state index is 0.294. The van der Waals surface area contributed by atoms with Crippen molar-refractivity contribution in [2.75, 3.05) is 0 Å². The van der Waals surface area contributed by atoms with Gasteiger partial charge in [-0.3, -0.25) is 4.79 Å². The molecule has 0 aliphatic heterocycles. The summed E-state index contributed by atoms with van der Waals surface area (Å²) in [5.41, 5.74) is 0. The minimum Gasteiger partial charge on any atom is -0.299 e. The summed E-state index contributed by atoms with van der Waals surface area (Å²) < 4.78 is 0. The first-order chi connectivity index (χ1) is 5.75. The van der Waals surface area contributed by atoms with E-state index in [-0.39, 0.29) is 0 Å². The molecule has 1 fully saturated rings. The number of hydrogen-bond donors (Lipinski definition) is 0. The van der Waals surface area contributed by atoms with Gasteiger partial charge in [0.05, 0.1) is 0 Å². The summed E-state index contributed by atoms with van der Waals surface area (Å²) in [6, 6.07) is 0. The number of terminal acetylenes is 1. The summed E-state index contributed by atoms with van der Waals surface area (Å²) in [5, 5.41) is 0. The third kappa shape index (κ3) is 2.70. The number of ketones is 1. The minimum atomic E-state index is 0.294. The summed E-state index contributed by atoms with van der Waals surface area (Å²) in [6.45, 7) is 2.05. The van der Waals surface area contributed by atoms with Crippen LogP contribution in [0.1, 0.15) is 39.0 Å². The molecule has 66 valence electrons. The van der Waals surface area contributed by atoms with Crippen LogP contribution in [0.3, 0.4) is 0 Å². The van der Waals surface area contributed by atoms with E-state index in [4.69, 9.17) is 6.42 Å².